The van der Waals surface area contributed by atoms with Crippen LogP contribution in [0.4, 0.5) is 0 Å². The maximum Gasteiger partial charge on any atom is 0.254 e. The highest BCUT2D eigenvalue weighted by atomic mass is 16.3. The van der Waals surface area contributed by atoms with Crippen molar-refractivity contribution in [1.82, 2.24) is 20.0 Å². The molecular formula is C21H22N4O4. The molecule has 0 aliphatic heterocycles. The molecule has 1 heterocycles. The maximum absolute atomic E-state index is 12.8. The van der Waals surface area contributed by atoms with Crippen molar-refractivity contribution in [2.45, 2.75) is 6.04 Å². The van der Waals surface area contributed by atoms with E-state index in [1.165, 1.54) is 14.1 Å². The molecule has 1 atom stereocenters. The molecule has 0 radical (unpaired) electrons. The quantitative estimate of drug-likeness (QED) is 0.607. The van der Waals surface area contributed by atoms with Gasteiger partial charge in [0.25, 0.3) is 5.91 Å². The Labute approximate surface area is 167 Å². The number of carbonyl (C=O) groups excluding carboxylic acids is 3. The number of nitrogens with zero attached hydrogens (tertiary/aromatic N) is 3. The number of hydrogen-bond acceptors (Lipinski definition) is 5. The molecule has 29 heavy (non-hydrogen) atoms. The molecule has 0 aliphatic rings. The molecule has 8 nitrogen and oxygen atoms in total. The van der Waals surface area contributed by atoms with E-state index in [0.29, 0.717) is 5.56 Å². The number of rotatable bonds is 6. The molecule has 1 aromatic heterocycles. The fourth-order valence-corrected chi connectivity index (χ4v) is 3.23. The van der Waals surface area contributed by atoms with Gasteiger partial charge in [-0.15, -0.1) is 0 Å². The molecule has 8 heteroatoms. The highest BCUT2D eigenvalue weighted by Crippen LogP contribution is 2.25. The summed E-state index contributed by atoms with van der Waals surface area (Å²) in [6, 6.07) is 11.5. The number of benzene rings is 2. The average molecular weight is 394 g/mol. The summed E-state index contributed by atoms with van der Waals surface area (Å²) in [6.07, 6.45) is 1.79. The fraction of sp³-hybridized carbons (Fsp3) is 0.238. The Morgan fingerprint density at radius 3 is 2.41 bits per heavy atom. The third kappa shape index (κ3) is 3.88. The smallest absolute Gasteiger partial charge is 0.254 e. The van der Waals surface area contributed by atoms with E-state index < -0.39 is 30.2 Å². The summed E-state index contributed by atoms with van der Waals surface area (Å²) >= 11 is 0. The number of likely N-dealkylation sites (N-methyl/N-ethyl adjacent to an activating group) is 2. The van der Waals surface area contributed by atoms with Crippen LogP contribution in [0.25, 0.3) is 22.0 Å². The van der Waals surface area contributed by atoms with Crippen LogP contribution in [0.15, 0.2) is 48.7 Å². The second kappa shape index (κ2) is 8.24. The molecule has 2 aromatic carbocycles. The van der Waals surface area contributed by atoms with Crippen LogP contribution in [0.5, 0.6) is 0 Å². The number of aliphatic hydroxyl groups excluding tert-OH is 1. The second-order valence-corrected chi connectivity index (χ2v) is 6.68. The molecule has 1 unspecified atom stereocenters. The van der Waals surface area contributed by atoms with Crippen molar-refractivity contribution in [2.24, 2.45) is 7.05 Å². The van der Waals surface area contributed by atoms with Crippen molar-refractivity contribution in [1.29, 1.82) is 0 Å². The zero-order valence-electron chi connectivity index (χ0n) is 16.4. The number of aliphatic hydroxyl groups is 1. The number of nitrogens with one attached hydrogen (secondary N) is 1. The topological polar surface area (TPSA) is 105 Å². The third-order valence-corrected chi connectivity index (χ3v) is 4.87. The number of Topliss-reactive ketones (excluding diaryl/α,β-unsaturated/α-hetero) is 1. The van der Waals surface area contributed by atoms with Crippen LogP contribution in [-0.4, -0.2) is 64.1 Å². The van der Waals surface area contributed by atoms with E-state index in [1.807, 2.05) is 25.2 Å². The average Bonchev–Trinajstić information content (AvgIpc) is 3.13. The Hall–Kier alpha value is -3.52. The molecule has 0 spiro atoms. The van der Waals surface area contributed by atoms with Crippen molar-refractivity contribution < 1.29 is 19.5 Å². The van der Waals surface area contributed by atoms with E-state index in [4.69, 9.17) is 5.11 Å². The first-order valence-electron chi connectivity index (χ1n) is 9.02. The minimum atomic E-state index is -1.38. The summed E-state index contributed by atoms with van der Waals surface area (Å²) < 4.78 is 1.80. The monoisotopic (exact) mass is 394 g/mol. The molecule has 0 aliphatic carbocycles. The zero-order chi connectivity index (χ0) is 21.1. The summed E-state index contributed by atoms with van der Waals surface area (Å²) in [5, 5.41) is 16.7. The Balaban J connectivity index is 1.85. The molecule has 2 N–H and O–H groups in total. The zero-order valence-corrected chi connectivity index (χ0v) is 16.4. The Morgan fingerprint density at radius 1 is 1.14 bits per heavy atom. The van der Waals surface area contributed by atoms with Crippen molar-refractivity contribution in [3.05, 3.63) is 54.2 Å². The SMILES string of the molecule is CNC(=O)C(C(=O)CO)N(C)C(=O)c1ccc(-c2ccc3c(cnn3C)c2)cc1. The Morgan fingerprint density at radius 2 is 1.79 bits per heavy atom. The van der Waals surface area contributed by atoms with Crippen molar-refractivity contribution in [3.8, 4) is 11.1 Å². The van der Waals surface area contributed by atoms with Gasteiger partial charge in [0.2, 0.25) is 5.91 Å². The van der Waals surface area contributed by atoms with Gasteiger partial charge < -0.3 is 15.3 Å². The summed E-state index contributed by atoms with van der Waals surface area (Å²) in [5.74, 6) is -1.89. The number of ketones is 1. The maximum atomic E-state index is 12.8. The van der Waals surface area contributed by atoms with E-state index in [9.17, 15) is 14.4 Å². The number of aromatic nitrogens is 2. The first-order valence-corrected chi connectivity index (χ1v) is 9.02. The Bertz CT molecular complexity index is 1060. The standard InChI is InChI=1S/C21H22N4O4/c1-22-20(28)19(18(27)12-26)24(2)21(29)14-6-4-13(5-7-14)15-8-9-17-16(10-15)11-23-25(17)3/h4-11,19,26H,12H2,1-3H3,(H,22,28). The fourth-order valence-electron chi connectivity index (χ4n) is 3.23. The predicted octanol–water partition coefficient (Wildman–Crippen LogP) is 0.988. The third-order valence-electron chi connectivity index (χ3n) is 4.87. The number of fused-ring (bicyclic) bond motifs is 1. The van der Waals surface area contributed by atoms with E-state index in [0.717, 1.165) is 26.9 Å². The lowest BCUT2D eigenvalue weighted by atomic mass is 10.0. The van der Waals surface area contributed by atoms with Crippen LogP contribution in [-0.2, 0) is 16.6 Å². The van der Waals surface area contributed by atoms with Crippen LogP contribution in [0.1, 0.15) is 10.4 Å². The number of hydrogen-bond donors (Lipinski definition) is 2. The highest BCUT2D eigenvalue weighted by Gasteiger charge is 2.32. The van der Waals surface area contributed by atoms with Gasteiger partial charge in [0.1, 0.15) is 6.61 Å². The molecule has 150 valence electrons. The summed E-state index contributed by atoms with van der Waals surface area (Å²) in [4.78, 5) is 37.7. The van der Waals surface area contributed by atoms with Gasteiger partial charge in [-0.3, -0.25) is 19.1 Å². The van der Waals surface area contributed by atoms with Crippen molar-refractivity contribution >= 4 is 28.5 Å². The van der Waals surface area contributed by atoms with Crippen LogP contribution < -0.4 is 5.32 Å². The van der Waals surface area contributed by atoms with Gasteiger partial charge in [-0.2, -0.15) is 5.10 Å². The van der Waals surface area contributed by atoms with Crippen LogP contribution in [0, 0.1) is 0 Å². The van der Waals surface area contributed by atoms with E-state index >= 15 is 0 Å². The van der Waals surface area contributed by atoms with Crippen molar-refractivity contribution in [2.75, 3.05) is 20.7 Å². The lowest BCUT2D eigenvalue weighted by molar-refractivity contribution is -0.135. The van der Waals surface area contributed by atoms with Gasteiger partial charge in [0.15, 0.2) is 11.8 Å². The largest absolute Gasteiger partial charge is 0.388 e. The van der Waals surface area contributed by atoms with E-state index in [1.54, 1.807) is 35.1 Å². The van der Waals surface area contributed by atoms with Crippen molar-refractivity contribution in [3.63, 3.8) is 0 Å². The minimum absolute atomic E-state index is 0.332. The van der Waals surface area contributed by atoms with Gasteiger partial charge in [-0.1, -0.05) is 18.2 Å². The first kappa shape index (κ1) is 20.2. The first-order chi connectivity index (χ1) is 13.9. The lowest BCUT2D eigenvalue weighted by Crippen LogP contribution is -2.52. The Kier molecular flexibility index (Phi) is 5.74. The molecule has 0 saturated heterocycles. The molecule has 3 rings (SSSR count). The summed E-state index contributed by atoms with van der Waals surface area (Å²) in [6.45, 7) is -0.828. The molecule has 2 amide bonds. The summed E-state index contributed by atoms with van der Waals surface area (Å²) in [5.41, 5.74) is 3.26. The predicted molar refractivity (Wildman–Crippen MR) is 108 cm³/mol. The highest BCUT2D eigenvalue weighted by molar-refractivity contribution is 6.10. The number of carbonyl (C=O) groups is 3. The molecule has 0 saturated carbocycles. The lowest BCUT2D eigenvalue weighted by Gasteiger charge is -2.25. The van der Waals surface area contributed by atoms with Crippen LogP contribution in [0.2, 0.25) is 0 Å². The van der Waals surface area contributed by atoms with Gasteiger partial charge in [0.05, 0.1) is 11.7 Å². The molecule has 0 bridgehead atoms. The normalized spacial score (nSPS) is 11.9. The number of amides is 2. The van der Waals surface area contributed by atoms with Gasteiger partial charge >= 0.3 is 0 Å². The second-order valence-electron chi connectivity index (χ2n) is 6.68. The van der Waals surface area contributed by atoms with Gasteiger partial charge in [-0.25, -0.2) is 0 Å². The molecule has 3 aromatic rings. The van der Waals surface area contributed by atoms with Crippen LogP contribution in [0.3, 0.4) is 0 Å². The van der Waals surface area contributed by atoms with Gasteiger partial charge in [0, 0.05) is 32.1 Å². The molecule has 0 fully saturated rings. The van der Waals surface area contributed by atoms with Crippen LogP contribution >= 0.6 is 0 Å². The summed E-state index contributed by atoms with van der Waals surface area (Å²) in [7, 11) is 4.61. The van der Waals surface area contributed by atoms with Gasteiger partial charge in [-0.05, 0) is 35.4 Å². The van der Waals surface area contributed by atoms with E-state index in [2.05, 4.69) is 10.4 Å². The minimum Gasteiger partial charge on any atom is -0.388 e. The molecular weight excluding hydrogens is 372 g/mol. The number of aryl methyl sites for hydroxylation is 1. The van der Waals surface area contributed by atoms with E-state index in [-0.39, 0.29) is 0 Å².